The fourth-order valence-corrected chi connectivity index (χ4v) is 5.73. The van der Waals surface area contributed by atoms with Gasteiger partial charge in [0.1, 0.15) is 0 Å². The Labute approximate surface area is 244 Å². The maximum atomic E-state index is 12.7. The summed E-state index contributed by atoms with van der Waals surface area (Å²) in [5.74, 6) is -32.6. The molecule has 18 heteroatoms. The minimum absolute atomic E-state index is 0.0312. The number of aryl methyl sites for hydroxylation is 2. The Morgan fingerprint density at radius 2 is 0.818 bits per heavy atom. The van der Waals surface area contributed by atoms with Crippen molar-refractivity contribution in [1.29, 1.82) is 0 Å². The number of halogens is 13. The third-order valence-corrected chi connectivity index (χ3v) is 8.83. The predicted octanol–water partition coefficient (Wildman–Crippen LogP) is 8.63. The van der Waals surface area contributed by atoms with Crippen LogP contribution in [0.25, 0.3) is 0 Å². The molecule has 0 radical (unpaired) electrons. The van der Waals surface area contributed by atoms with E-state index in [0.29, 0.717) is 0 Å². The average molecular weight is 691 g/mol. The summed E-state index contributed by atoms with van der Waals surface area (Å²) in [4.78, 5) is 4.11. The average Bonchev–Trinajstić information content (AvgIpc) is 2.90. The van der Waals surface area contributed by atoms with Crippen molar-refractivity contribution < 1.29 is 70.0 Å². The molecule has 0 aromatic heterocycles. The van der Waals surface area contributed by atoms with Crippen LogP contribution in [0.15, 0.2) is 93.5 Å². The topological polar surface area (TPSA) is 57.2 Å². The normalized spacial score (nSPS) is 13.8. The van der Waals surface area contributed by atoms with Crippen molar-refractivity contribution in [3.8, 4) is 0 Å². The minimum atomic E-state index is -8.29. The highest BCUT2D eigenvalue weighted by atomic mass is 32.2. The second-order valence-electron chi connectivity index (χ2n) is 9.01. The van der Waals surface area contributed by atoms with Crippen molar-refractivity contribution in [2.24, 2.45) is 0 Å². The molecule has 44 heavy (non-hydrogen) atoms. The van der Waals surface area contributed by atoms with Crippen LogP contribution in [0.3, 0.4) is 0 Å². The van der Waals surface area contributed by atoms with E-state index in [1.807, 2.05) is 0 Å². The fourth-order valence-electron chi connectivity index (χ4n) is 3.23. The van der Waals surface area contributed by atoms with Crippen molar-refractivity contribution >= 4 is 21.0 Å². The first-order valence-corrected chi connectivity index (χ1v) is 14.2. The van der Waals surface area contributed by atoms with Gasteiger partial charge in [-0.3, -0.25) is 0 Å². The van der Waals surface area contributed by atoms with E-state index in [1.54, 1.807) is 0 Å². The molecule has 0 bridgehead atoms. The molecule has 244 valence electrons. The van der Waals surface area contributed by atoms with E-state index < -0.39 is 45.2 Å². The van der Waals surface area contributed by atoms with Gasteiger partial charge in [0.2, 0.25) is 0 Å². The Hall–Kier alpha value is -2.99. The van der Waals surface area contributed by atoms with Crippen LogP contribution in [0.5, 0.6) is 0 Å². The molecular formula is C26H19F13O3S2. The van der Waals surface area contributed by atoms with E-state index in [4.69, 9.17) is 0 Å². The lowest BCUT2D eigenvalue weighted by atomic mass is 9.98. The van der Waals surface area contributed by atoms with Crippen molar-refractivity contribution in [1.82, 2.24) is 0 Å². The molecule has 0 saturated carbocycles. The van der Waals surface area contributed by atoms with E-state index in [2.05, 4.69) is 92.7 Å². The number of benzene rings is 3. The Morgan fingerprint density at radius 3 is 1.14 bits per heavy atom. The van der Waals surface area contributed by atoms with Crippen molar-refractivity contribution in [2.45, 2.75) is 63.7 Å². The summed E-state index contributed by atoms with van der Waals surface area (Å²) >= 11 is 0. The number of alkyl halides is 13. The molecule has 0 aliphatic heterocycles. The van der Waals surface area contributed by atoms with Gasteiger partial charge in [-0.2, -0.15) is 57.1 Å². The maximum absolute atomic E-state index is 12.7. The Kier molecular flexibility index (Phi) is 10.5. The molecule has 0 saturated heterocycles. The molecule has 0 amide bonds. The van der Waals surface area contributed by atoms with Gasteiger partial charge in [0.25, 0.3) is 0 Å². The highest BCUT2D eigenvalue weighted by Crippen LogP contribution is 2.60. The third-order valence-electron chi connectivity index (χ3n) is 5.71. The van der Waals surface area contributed by atoms with Gasteiger partial charge in [-0.1, -0.05) is 53.6 Å². The van der Waals surface area contributed by atoms with Crippen LogP contribution in [0.1, 0.15) is 11.1 Å². The summed E-state index contributed by atoms with van der Waals surface area (Å²) in [5, 5.41) is -7.63. The summed E-state index contributed by atoms with van der Waals surface area (Å²) in [7, 11) is -7.89. The van der Waals surface area contributed by atoms with Gasteiger partial charge >= 0.3 is 35.1 Å². The lowest BCUT2D eigenvalue weighted by Gasteiger charge is -2.39. The Balaban J connectivity index is 0.000000307. The van der Waals surface area contributed by atoms with E-state index >= 15 is 0 Å². The van der Waals surface area contributed by atoms with Crippen LogP contribution < -0.4 is 0 Å². The minimum Gasteiger partial charge on any atom is -0.743 e. The zero-order valence-electron chi connectivity index (χ0n) is 22.0. The van der Waals surface area contributed by atoms with Crippen LogP contribution >= 0.6 is 0 Å². The standard InChI is InChI=1S/C20H19S.C6HF13O3S/c1-16-8-12-19(13-9-16)21(18-6-4-3-5-7-18)20-14-10-17(2)11-15-20;7-1(8,3(11,12)5(15,16)17)2(9,10)4(13,14)6(18,19)23(20,21)22/h3-15H,1-2H3;(H,20,21,22)/q+1;/p-1. The van der Waals surface area contributed by atoms with Crippen LogP contribution in [-0.4, -0.2) is 48.1 Å². The van der Waals surface area contributed by atoms with E-state index in [-0.39, 0.29) is 10.9 Å². The zero-order valence-corrected chi connectivity index (χ0v) is 23.6. The lowest BCUT2D eigenvalue weighted by Crippen LogP contribution is -2.71. The van der Waals surface area contributed by atoms with Crippen LogP contribution in [0.4, 0.5) is 57.1 Å². The zero-order chi connectivity index (χ0) is 34.2. The molecule has 3 aromatic carbocycles. The molecular weight excluding hydrogens is 671 g/mol. The summed E-state index contributed by atoms with van der Waals surface area (Å²) in [5.41, 5.74) is 2.61. The highest BCUT2D eigenvalue weighted by Gasteiger charge is 2.91. The summed E-state index contributed by atoms with van der Waals surface area (Å²) < 4.78 is 189. The van der Waals surface area contributed by atoms with Crippen LogP contribution in [0, 0.1) is 13.8 Å². The summed E-state index contributed by atoms with van der Waals surface area (Å²) in [6.07, 6.45) is -7.61. The smallest absolute Gasteiger partial charge is 0.460 e. The van der Waals surface area contributed by atoms with Gasteiger partial charge in [-0.05, 0) is 50.2 Å². The van der Waals surface area contributed by atoms with Gasteiger partial charge in [0, 0.05) is 0 Å². The van der Waals surface area contributed by atoms with Gasteiger partial charge in [0.15, 0.2) is 24.8 Å². The monoisotopic (exact) mass is 690 g/mol. The lowest BCUT2D eigenvalue weighted by molar-refractivity contribution is -0.433. The van der Waals surface area contributed by atoms with Gasteiger partial charge in [-0.15, -0.1) is 0 Å². The van der Waals surface area contributed by atoms with Crippen molar-refractivity contribution in [3.05, 3.63) is 90.0 Å². The summed E-state index contributed by atoms with van der Waals surface area (Å²) in [6, 6.07) is 28.6. The third kappa shape index (κ3) is 6.80. The predicted molar refractivity (Wildman–Crippen MR) is 131 cm³/mol. The largest absolute Gasteiger partial charge is 0.743 e. The highest BCUT2D eigenvalue weighted by molar-refractivity contribution is 7.97. The molecule has 0 spiro atoms. The Bertz CT molecular complexity index is 1460. The second kappa shape index (κ2) is 12.4. The van der Waals surface area contributed by atoms with E-state index in [9.17, 15) is 70.0 Å². The van der Waals surface area contributed by atoms with Crippen LogP contribution in [0.2, 0.25) is 0 Å². The quantitative estimate of drug-likeness (QED) is 0.135. The molecule has 0 N–H and O–H groups in total. The SMILES string of the molecule is Cc1ccc([S+](c2ccccc2)c2ccc(C)cc2)cc1.O=S(=O)([O-])C(F)(F)C(F)(F)C(F)(F)C(F)(F)C(F)(F)C(F)(F)F. The molecule has 0 aliphatic carbocycles. The molecule has 3 aromatic rings. The molecule has 0 fully saturated rings. The van der Waals surface area contributed by atoms with Gasteiger partial charge in [-0.25, -0.2) is 8.42 Å². The van der Waals surface area contributed by atoms with E-state index in [0.717, 1.165) is 0 Å². The maximum Gasteiger partial charge on any atom is 0.460 e. The molecule has 0 aliphatic rings. The number of hydrogen-bond acceptors (Lipinski definition) is 3. The first-order valence-electron chi connectivity index (χ1n) is 11.6. The van der Waals surface area contributed by atoms with Crippen molar-refractivity contribution in [2.75, 3.05) is 0 Å². The van der Waals surface area contributed by atoms with Gasteiger partial charge < -0.3 is 4.55 Å². The Morgan fingerprint density at radius 1 is 0.500 bits per heavy atom. The molecule has 0 atom stereocenters. The number of hydrogen-bond donors (Lipinski definition) is 0. The molecule has 3 rings (SSSR count). The van der Waals surface area contributed by atoms with E-state index in [1.165, 1.54) is 25.8 Å². The first kappa shape index (κ1) is 37.2. The second-order valence-corrected chi connectivity index (χ2v) is 12.5. The first-order chi connectivity index (χ1) is 19.7. The van der Waals surface area contributed by atoms with Gasteiger partial charge in [0.05, 0.1) is 10.9 Å². The van der Waals surface area contributed by atoms with Crippen molar-refractivity contribution in [3.63, 3.8) is 0 Å². The molecule has 3 nitrogen and oxygen atoms in total. The number of rotatable bonds is 8. The molecule has 0 heterocycles. The summed E-state index contributed by atoms with van der Waals surface area (Å²) in [6.45, 7) is 4.27. The van der Waals surface area contributed by atoms with Crippen LogP contribution in [-0.2, 0) is 21.0 Å². The fraction of sp³-hybridized carbons (Fsp3) is 0.308. The molecule has 0 unspecified atom stereocenters.